The summed E-state index contributed by atoms with van der Waals surface area (Å²) in [4.78, 5) is 19.2. The Morgan fingerprint density at radius 3 is 2.29 bits per heavy atom. The van der Waals surface area contributed by atoms with Crippen LogP contribution in [0, 0.1) is 0 Å². The Kier molecular flexibility index (Phi) is 3.42. The molecule has 24 heavy (non-hydrogen) atoms. The van der Waals surface area contributed by atoms with Gasteiger partial charge in [0.25, 0.3) is 5.91 Å². The normalized spacial score (nSPS) is 13.8. The lowest BCUT2D eigenvalue weighted by molar-refractivity contribution is 0.101. The van der Waals surface area contributed by atoms with E-state index in [9.17, 15) is 4.79 Å². The van der Waals surface area contributed by atoms with E-state index in [2.05, 4.69) is 26.0 Å². The van der Waals surface area contributed by atoms with Crippen molar-refractivity contribution in [2.24, 2.45) is 4.99 Å². The summed E-state index contributed by atoms with van der Waals surface area (Å²) in [5.74, 6) is 0.744. The molecule has 0 N–H and O–H groups in total. The van der Waals surface area contributed by atoms with Gasteiger partial charge in [0.2, 0.25) is 0 Å². The number of hydrogen-bond acceptors (Lipinski definition) is 2. The largest absolute Gasteiger partial charge is 0.268 e. The highest BCUT2D eigenvalue weighted by Crippen LogP contribution is 2.42. The number of aliphatic imine (C=N–C) groups is 1. The molecule has 0 saturated heterocycles. The van der Waals surface area contributed by atoms with Gasteiger partial charge in [-0.3, -0.25) is 9.69 Å². The molecule has 118 valence electrons. The fourth-order valence-corrected chi connectivity index (χ4v) is 3.23. The van der Waals surface area contributed by atoms with Crippen molar-refractivity contribution in [2.75, 3.05) is 4.90 Å². The Labute approximate surface area is 141 Å². The number of nitrogens with zero attached hydrogens (tertiary/aromatic N) is 2. The van der Waals surface area contributed by atoms with Crippen LogP contribution in [0.2, 0.25) is 0 Å². The van der Waals surface area contributed by atoms with Crippen LogP contribution in [0.25, 0.3) is 10.8 Å². The topological polar surface area (TPSA) is 32.7 Å². The zero-order valence-corrected chi connectivity index (χ0v) is 13.8. The highest BCUT2D eigenvalue weighted by Gasteiger charge is 2.37. The lowest BCUT2D eigenvalue weighted by atomic mass is 10.0. The maximum absolute atomic E-state index is 12.7. The molecule has 3 nitrogen and oxygen atoms in total. The van der Waals surface area contributed by atoms with Crippen molar-refractivity contribution < 1.29 is 4.79 Å². The SMILES string of the molecule is CCC.O=C1c2ccccc2C2=Nc3cccc4cccc(c34)N12. The van der Waals surface area contributed by atoms with Crippen LogP contribution < -0.4 is 4.90 Å². The summed E-state index contributed by atoms with van der Waals surface area (Å²) < 4.78 is 0. The molecule has 5 rings (SSSR count). The van der Waals surface area contributed by atoms with E-state index >= 15 is 0 Å². The first-order valence-electron chi connectivity index (χ1n) is 8.30. The van der Waals surface area contributed by atoms with Crippen molar-refractivity contribution in [1.29, 1.82) is 0 Å². The summed E-state index contributed by atoms with van der Waals surface area (Å²) in [6.07, 6.45) is 1.25. The number of carbonyl (C=O) groups excluding carboxylic acids is 1. The smallest absolute Gasteiger partial charge is 0.264 e. The van der Waals surface area contributed by atoms with Gasteiger partial charge in [-0.1, -0.05) is 62.7 Å². The summed E-state index contributed by atoms with van der Waals surface area (Å²) in [7, 11) is 0. The van der Waals surface area contributed by atoms with E-state index in [0.717, 1.165) is 39.1 Å². The lowest BCUT2D eigenvalue weighted by Gasteiger charge is -2.24. The Morgan fingerprint density at radius 2 is 1.54 bits per heavy atom. The second-order valence-electron chi connectivity index (χ2n) is 5.98. The van der Waals surface area contributed by atoms with Crippen LogP contribution in [0.4, 0.5) is 11.4 Å². The molecule has 3 heteroatoms. The second-order valence-corrected chi connectivity index (χ2v) is 5.98. The minimum atomic E-state index is 0.00588. The van der Waals surface area contributed by atoms with Crippen LogP contribution in [0.5, 0.6) is 0 Å². The van der Waals surface area contributed by atoms with Gasteiger partial charge in [-0.2, -0.15) is 0 Å². The minimum Gasteiger partial charge on any atom is -0.268 e. The van der Waals surface area contributed by atoms with Crippen molar-refractivity contribution in [3.05, 3.63) is 71.8 Å². The highest BCUT2D eigenvalue weighted by molar-refractivity contribution is 6.39. The van der Waals surface area contributed by atoms with E-state index in [1.807, 2.05) is 48.5 Å². The lowest BCUT2D eigenvalue weighted by Crippen LogP contribution is -2.31. The van der Waals surface area contributed by atoms with Crippen LogP contribution in [0.1, 0.15) is 36.2 Å². The molecule has 0 radical (unpaired) electrons. The molecule has 2 aliphatic heterocycles. The molecule has 1 amide bonds. The van der Waals surface area contributed by atoms with Crippen LogP contribution in [-0.2, 0) is 0 Å². The number of amides is 1. The zero-order chi connectivity index (χ0) is 16.7. The van der Waals surface area contributed by atoms with Gasteiger partial charge >= 0.3 is 0 Å². The van der Waals surface area contributed by atoms with Crippen LogP contribution >= 0.6 is 0 Å². The number of rotatable bonds is 0. The number of fused-ring (bicyclic) bond motifs is 4. The maximum Gasteiger partial charge on any atom is 0.264 e. The molecule has 0 fully saturated rings. The van der Waals surface area contributed by atoms with Crippen LogP contribution in [0.15, 0.2) is 65.7 Å². The third-order valence-corrected chi connectivity index (χ3v) is 4.14. The molecule has 0 bridgehead atoms. The highest BCUT2D eigenvalue weighted by atomic mass is 16.2. The number of amidine groups is 1. The number of hydrogen-bond donors (Lipinski definition) is 0. The van der Waals surface area contributed by atoms with E-state index in [1.54, 1.807) is 4.90 Å². The Hall–Kier alpha value is -2.94. The summed E-state index contributed by atoms with van der Waals surface area (Å²) in [6, 6.07) is 19.7. The Balaban J connectivity index is 0.000000455. The van der Waals surface area contributed by atoms with Gasteiger partial charge in [0.05, 0.1) is 16.9 Å². The number of benzene rings is 3. The molecule has 3 aromatic rings. The molecular formula is C21H18N2O. The first kappa shape index (κ1) is 14.6. The molecule has 0 saturated carbocycles. The van der Waals surface area contributed by atoms with Crippen molar-refractivity contribution in [3.8, 4) is 0 Å². The number of anilines is 1. The molecule has 2 heterocycles. The van der Waals surface area contributed by atoms with E-state index in [4.69, 9.17) is 4.99 Å². The van der Waals surface area contributed by atoms with Crippen molar-refractivity contribution in [3.63, 3.8) is 0 Å². The molecule has 0 aromatic heterocycles. The first-order valence-corrected chi connectivity index (χ1v) is 8.30. The second kappa shape index (κ2) is 5.60. The van der Waals surface area contributed by atoms with Gasteiger partial charge in [-0.15, -0.1) is 0 Å². The zero-order valence-electron chi connectivity index (χ0n) is 13.8. The van der Waals surface area contributed by atoms with E-state index < -0.39 is 0 Å². The molecule has 0 unspecified atom stereocenters. The van der Waals surface area contributed by atoms with Crippen molar-refractivity contribution in [2.45, 2.75) is 20.3 Å². The first-order chi connectivity index (χ1) is 11.8. The van der Waals surface area contributed by atoms with Gasteiger partial charge in [0, 0.05) is 10.9 Å². The van der Waals surface area contributed by atoms with Gasteiger partial charge < -0.3 is 0 Å². The monoisotopic (exact) mass is 314 g/mol. The van der Waals surface area contributed by atoms with Gasteiger partial charge in [-0.05, 0) is 23.6 Å². The van der Waals surface area contributed by atoms with Gasteiger partial charge in [0.15, 0.2) is 0 Å². The van der Waals surface area contributed by atoms with Gasteiger partial charge in [-0.25, -0.2) is 4.99 Å². The maximum atomic E-state index is 12.7. The van der Waals surface area contributed by atoms with E-state index in [1.165, 1.54) is 6.42 Å². The van der Waals surface area contributed by atoms with Gasteiger partial charge in [0.1, 0.15) is 5.84 Å². The van der Waals surface area contributed by atoms with Crippen LogP contribution in [-0.4, -0.2) is 11.7 Å². The molecule has 2 aliphatic rings. The fourth-order valence-electron chi connectivity index (χ4n) is 3.23. The van der Waals surface area contributed by atoms with Crippen molar-refractivity contribution in [1.82, 2.24) is 0 Å². The third kappa shape index (κ3) is 1.98. The Bertz CT molecular complexity index is 983. The summed E-state index contributed by atoms with van der Waals surface area (Å²) >= 11 is 0. The number of carbonyl (C=O) groups is 1. The van der Waals surface area contributed by atoms with Crippen molar-refractivity contribution >= 4 is 33.9 Å². The fraction of sp³-hybridized carbons (Fsp3) is 0.143. The molecule has 3 aromatic carbocycles. The third-order valence-electron chi connectivity index (χ3n) is 4.14. The molecule has 0 aliphatic carbocycles. The molecule has 0 spiro atoms. The summed E-state index contributed by atoms with van der Waals surface area (Å²) in [6.45, 7) is 4.25. The average Bonchev–Trinajstić information content (AvgIpc) is 2.90. The quantitative estimate of drug-likeness (QED) is 0.553. The minimum absolute atomic E-state index is 0.00588. The predicted molar refractivity (Wildman–Crippen MR) is 99.4 cm³/mol. The standard InChI is InChI=1S/C18H10N2O.C3H8/c21-18-13-8-2-1-7-12(13)17-19-14-9-3-5-11-6-4-10-15(16(11)14)20(17)18;1-3-2/h1-10H;3H2,1-2H3. The predicted octanol–water partition coefficient (Wildman–Crippen LogP) is 5.31. The summed E-state index contributed by atoms with van der Waals surface area (Å²) in [5, 5.41) is 2.15. The van der Waals surface area contributed by atoms with Crippen LogP contribution in [0.3, 0.4) is 0 Å². The summed E-state index contributed by atoms with van der Waals surface area (Å²) in [5.41, 5.74) is 3.49. The molecular weight excluding hydrogens is 296 g/mol. The average molecular weight is 314 g/mol. The Morgan fingerprint density at radius 1 is 0.875 bits per heavy atom. The van der Waals surface area contributed by atoms with E-state index in [0.29, 0.717) is 0 Å². The van der Waals surface area contributed by atoms with E-state index in [-0.39, 0.29) is 5.91 Å². The molecule has 0 atom stereocenters.